The lowest BCUT2D eigenvalue weighted by Gasteiger charge is -2.23. The van der Waals surface area contributed by atoms with Gasteiger partial charge in [-0.25, -0.2) is 0 Å². The predicted molar refractivity (Wildman–Crippen MR) is 72.6 cm³/mol. The summed E-state index contributed by atoms with van der Waals surface area (Å²) in [6.07, 6.45) is 7.33. The van der Waals surface area contributed by atoms with Crippen LogP contribution in [0.4, 0.5) is 0 Å². The number of nitrogens with zero attached hydrogens (tertiary/aromatic N) is 1. The van der Waals surface area contributed by atoms with E-state index in [9.17, 15) is 0 Å². The van der Waals surface area contributed by atoms with Crippen molar-refractivity contribution in [3.05, 3.63) is 29.8 Å². The predicted octanol–water partition coefficient (Wildman–Crippen LogP) is 3.99. The second kappa shape index (κ2) is 6.43. The summed E-state index contributed by atoms with van der Waals surface area (Å²) in [4.78, 5) is 0. The van der Waals surface area contributed by atoms with E-state index < -0.39 is 0 Å². The van der Waals surface area contributed by atoms with E-state index in [0.717, 1.165) is 17.7 Å². The molecule has 18 heavy (non-hydrogen) atoms. The minimum Gasteiger partial charge on any atom is -0.490 e. The highest BCUT2D eigenvalue weighted by molar-refractivity contribution is 6.00. The minimum absolute atomic E-state index is 0.377. The maximum Gasteiger partial charge on any atom is 0.119 e. The Bertz CT molecular complexity index is 391. The first-order valence-electron chi connectivity index (χ1n) is 6.81. The fraction of sp³-hybridized carbons (Fsp3) is 0.533. The quantitative estimate of drug-likeness (QED) is 0.496. The van der Waals surface area contributed by atoms with Crippen LogP contribution >= 0.6 is 0 Å². The van der Waals surface area contributed by atoms with Crippen LogP contribution in [0.3, 0.4) is 0 Å². The van der Waals surface area contributed by atoms with Crippen LogP contribution in [0.25, 0.3) is 0 Å². The largest absolute Gasteiger partial charge is 0.490 e. The summed E-state index contributed by atoms with van der Waals surface area (Å²) in [6.45, 7) is 1.97. The van der Waals surface area contributed by atoms with E-state index in [1.807, 2.05) is 31.2 Å². The normalized spacial score (nSPS) is 17.7. The molecule has 0 unspecified atom stereocenters. The Morgan fingerprint density at radius 1 is 1.22 bits per heavy atom. The number of benzene rings is 1. The van der Waals surface area contributed by atoms with Crippen LogP contribution in [-0.2, 0) is 0 Å². The molecule has 0 amide bonds. The molecule has 3 heteroatoms. The van der Waals surface area contributed by atoms with Crippen LogP contribution in [0, 0.1) is 0 Å². The Labute approximate surface area is 108 Å². The molecule has 1 fully saturated rings. The maximum absolute atomic E-state index is 8.87. The van der Waals surface area contributed by atoms with Gasteiger partial charge in [0, 0.05) is 0 Å². The zero-order valence-corrected chi connectivity index (χ0v) is 10.9. The second-order valence-electron chi connectivity index (χ2n) is 4.80. The molecule has 0 radical (unpaired) electrons. The Morgan fingerprint density at radius 3 is 2.44 bits per heavy atom. The number of hydrogen-bond acceptors (Lipinski definition) is 3. The Kier molecular flexibility index (Phi) is 4.62. The van der Waals surface area contributed by atoms with Gasteiger partial charge in [0.2, 0.25) is 0 Å². The lowest BCUT2D eigenvalue weighted by atomic mass is 9.98. The van der Waals surface area contributed by atoms with Gasteiger partial charge in [-0.05, 0) is 61.9 Å². The summed E-state index contributed by atoms with van der Waals surface area (Å²) in [7, 11) is 0. The van der Waals surface area contributed by atoms with E-state index >= 15 is 0 Å². The van der Waals surface area contributed by atoms with E-state index in [0.29, 0.717) is 11.8 Å². The van der Waals surface area contributed by atoms with Gasteiger partial charge in [0.15, 0.2) is 0 Å². The SMILES string of the molecule is CC/C(=N\O)c1ccc(OC2CCCCC2)cc1. The Balaban J connectivity index is 1.98. The van der Waals surface area contributed by atoms with Crippen LogP contribution < -0.4 is 4.74 Å². The average molecular weight is 247 g/mol. The van der Waals surface area contributed by atoms with E-state index in [1.54, 1.807) is 0 Å². The second-order valence-corrected chi connectivity index (χ2v) is 4.80. The van der Waals surface area contributed by atoms with Crippen LogP contribution in [-0.4, -0.2) is 17.0 Å². The molecule has 98 valence electrons. The van der Waals surface area contributed by atoms with Crippen molar-refractivity contribution in [2.45, 2.75) is 51.6 Å². The van der Waals surface area contributed by atoms with Gasteiger partial charge in [0.1, 0.15) is 5.75 Å². The van der Waals surface area contributed by atoms with Gasteiger partial charge in [-0.2, -0.15) is 0 Å². The third kappa shape index (κ3) is 3.25. The van der Waals surface area contributed by atoms with Crippen LogP contribution in [0.2, 0.25) is 0 Å². The summed E-state index contributed by atoms with van der Waals surface area (Å²) in [5.41, 5.74) is 1.66. The topological polar surface area (TPSA) is 41.8 Å². The fourth-order valence-electron chi connectivity index (χ4n) is 2.43. The third-order valence-electron chi connectivity index (χ3n) is 3.50. The van der Waals surface area contributed by atoms with Crippen molar-refractivity contribution in [1.82, 2.24) is 0 Å². The van der Waals surface area contributed by atoms with Crippen LogP contribution in [0.15, 0.2) is 29.4 Å². The highest BCUT2D eigenvalue weighted by Crippen LogP contribution is 2.23. The van der Waals surface area contributed by atoms with Crippen molar-refractivity contribution in [2.24, 2.45) is 5.16 Å². The van der Waals surface area contributed by atoms with Crippen molar-refractivity contribution >= 4 is 5.71 Å². The number of ether oxygens (including phenoxy) is 1. The molecule has 0 saturated heterocycles. The molecule has 0 aromatic heterocycles. The van der Waals surface area contributed by atoms with Gasteiger partial charge < -0.3 is 9.94 Å². The lowest BCUT2D eigenvalue weighted by Crippen LogP contribution is -2.19. The molecule has 1 aliphatic carbocycles. The van der Waals surface area contributed by atoms with Crippen LogP contribution in [0.5, 0.6) is 5.75 Å². The van der Waals surface area contributed by atoms with E-state index in [2.05, 4.69) is 5.16 Å². The monoisotopic (exact) mass is 247 g/mol. The highest BCUT2D eigenvalue weighted by atomic mass is 16.5. The summed E-state index contributed by atoms with van der Waals surface area (Å²) >= 11 is 0. The molecule has 0 heterocycles. The van der Waals surface area contributed by atoms with Gasteiger partial charge in [0.25, 0.3) is 0 Å². The van der Waals surface area contributed by atoms with E-state index in [4.69, 9.17) is 9.94 Å². The van der Waals surface area contributed by atoms with Gasteiger partial charge >= 0.3 is 0 Å². The fourth-order valence-corrected chi connectivity index (χ4v) is 2.43. The molecule has 0 spiro atoms. The first-order valence-corrected chi connectivity index (χ1v) is 6.81. The van der Waals surface area contributed by atoms with Crippen molar-refractivity contribution < 1.29 is 9.94 Å². The van der Waals surface area contributed by atoms with Gasteiger partial charge in [-0.3, -0.25) is 0 Å². The molecule has 1 aliphatic rings. The lowest BCUT2D eigenvalue weighted by molar-refractivity contribution is 0.155. The maximum atomic E-state index is 8.87. The van der Waals surface area contributed by atoms with Crippen molar-refractivity contribution in [1.29, 1.82) is 0 Å². The molecule has 2 rings (SSSR count). The molecule has 0 aliphatic heterocycles. The number of hydrogen-bond donors (Lipinski definition) is 1. The zero-order valence-electron chi connectivity index (χ0n) is 10.9. The first kappa shape index (κ1) is 12.9. The van der Waals surface area contributed by atoms with Crippen molar-refractivity contribution in [2.75, 3.05) is 0 Å². The molecular weight excluding hydrogens is 226 g/mol. The standard InChI is InChI=1S/C15H21NO2/c1-2-15(16-17)12-8-10-14(11-9-12)18-13-6-4-3-5-7-13/h8-11,13,17H,2-7H2,1H3/b16-15+. The van der Waals surface area contributed by atoms with E-state index in [1.165, 1.54) is 32.1 Å². The molecule has 3 nitrogen and oxygen atoms in total. The molecule has 1 saturated carbocycles. The summed E-state index contributed by atoms with van der Waals surface area (Å²) < 4.78 is 5.95. The third-order valence-corrected chi connectivity index (χ3v) is 3.50. The number of rotatable bonds is 4. The van der Waals surface area contributed by atoms with Crippen LogP contribution in [0.1, 0.15) is 51.0 Å². The Hall–Kier alpha value is -1.51. The molecule has 1 N–H and O–H groups in total. The average Bonchev–Trinajstić information content (AvgIpc) is 2.43. The van der Waals surface area contributed by atoms with Gasteiger partial charge in [-0.15, -0.1) is 0 Å². The smallest absolute Gasteiger partial charge is 0.119 e. The number of oxime groups is 1. The molecule has 0 atom stereocenters. The molecule has 1 aromatic rings. The molecule has 0 bridgehead atoms. The summed E-state index contributed by atoms with van der Waals surface area (Å²) in [6, 6.07) is 7.84. The Morgan fingerprint density at radius 2 is 1.89 bits per heavy atom. The van der Waals surface area contributed by atoms with Gasteiger partial charge in [0.05, 0.1) is 11.8 Å². The first-order chi connectivity index (χ1) is 8.83. The van der Waals surface area contributed by atoms with Crippen molar-refractivity contribution in [3.63, 3.8) is 0 Å². The highest BCUT2D eigenvalue weighted by Gasteiger charge is 2.14. The molecule has 1 aromatic carbocycles. The molecular formula is C15H21NO2. The minimum atomic E-state index is 0.377. The summed E-state index contributed by atoms with van der Waals surface area (Å²) in [5.74, 6) is 0.916. The van der Waals surface area contributed by atoms with Gasteiger partial charge in [-0.1, -0.05) is 18.5 Å². The van der Waals surface area contributed by atoms with Crippen molar-refractivity contribution in [3.8, 4) is 5.75 Å². The summed E-state index contributed by atoms with van der Waals surface area (Å²) in [5, 5.41) is 12.2. The van der Waals surface area contributed by atoms with E-state index in [-0.39, 0.29) is 0 Å². The zero-order chi connectivity index (χ0) is 12.8.